The minimum atomic E-state index is -1.05. The second-order valence-electron chi connectivity index (χ2n) is 12.7. The van der Waals surface area contributed by atoms with E-state index in [2.05, 4.69) is 31.8 Å². The van der Waals surface area contributed by atoms with Crippen molar-refractivity contribution in [3.8, 4) is 11.8 Å². The first-order valence-corrected chi connectivity index (χ1v) is 15.0. The van der Waals surface area contributed by atoms with Gasteiger partial charge in [-0.25, -0.2) is 4.79 Å². The van der Waals surface area contributed by atoms with Crippen molar-refractivity contribution in [2.24, 2.45) is 17.3 Å². The van der Waals surface area contributed by atoms with Crippen molar-refractivity contribution in [1.82, 2.24) is 0 Å². The summed E-state index contributed by atoms with van der Waals surface area (Å²) >= 11 is 1.13. The van der Waals surface area contributed by atoms with Gasteiger partial charge in [0.2, 0.25) is 5.91 Å². The molecule has 39 heavy (non-hydrogen) atoms. The topological polar surface area (TPSA) is 96.3 Å². The number of ether oxygens (including phenoxy) is 2. The highest BCUT2D eigenvalue weighted by Gasteiger charge is 2.42. The number of carboxylic acid groups (broad SMARTS) is 1. The van der Waals surface area contributed by atoms with E-state index in [1.807, 2.05) is 20.8 Å². The fourth-order valence-corrected chi connectivity index (χ4v) is 6.64. The van der Waals surface area contributed by atoms with Gasteiger partial charge in [-0.2, -0.15) is 0 Å². The monoisotopic (exact) mass is 557 g/mol. The van der Waals surface area contributed by atoms with Crippen LogP contribution in [0.2, 0.25) is 0 Å². The van der Waals surface area contributed by atoms with Crippen molar-refractivity contribution in [3.63, 3.8) is 0 Å². The number of hydrogen-bond donors (Lipinski definition) is 2. The lowest BCUT2D eigenvalue weighted by Gasteiger charge is -2.42. The molecule has 2 aliphatic carbocycles. The maximum Gasteiger partial charge on any atom is 0.348 e. The molecule has 1 aromatic heterocycles. The second kappa shape index (κ2) is 12.1. The van der Waals surface area contributed by atoms with E-state index >= 15 is 0 Å². The Morgan fingerprint density at radius 1 is 1.26 bits per heavy atom. The van der Waals surface area contributed by atoms with E-state index in [-0.39, 0.29) is 46.8 Å². The molecule has 8 heteroatoms. The van der Waals surface area contributed by atoms with Gasteiger partial charge in [-0.3, -0.25) is 4.79 Å². The van der Waals surface area contributed by atoms with Gasteiger partial charge in [0, 0.05) is 24.0 Å². The first-order valence-electron chi connectivity index (χ1n) is 14.2. The third-order valence-corrected chi connectivity index (χ3v) is 9.09. The Labute approximate surface area is 236 Å². The minimum absolute atomic E-state index is 0.0192. The molecule has 4 rings (SSSR count). The van der Waals surface area contributed by atoms with Crippen LogP contribution in [0.25, 0.3) is 0 Å². The van der Waals surface area contributed by atoms with E-state index < -0.39 is 11.6 Å². The molecule has 1 aliphatic heterocycles. The Bertz CT molecular complexity index is 1140. The summed E-state index contributed by atoms with van der Waals surface area (Å²) in [5.74, 6) is 5.19. The third kappa shape index (κ3) is 7.52. The molecular formula is C31H43NO6S. The zero-order valence-corrected chi connectivity index (χ0v) is 24.7. The van der Waals surface area contributed by atoms with Crippen LogP contribution in [-0.4, -0.2) is 59.7 Å². The van der Waals surface area contributed by atoms with Crippen LogP contribution in [0.5, 0.6) is 0 Å². The molecular weight excluding hydrogens is 514 g/mol. The summed E-state index contributed by atoms with van der Waals surface area (Å²) in [5, 5.41) is 21.4. The number of allylic oxidation sites excluding steroid dienone is 2. The third-order valence-electron chi connectivity index (χ3n) is 8.06. The van der Waals surface area contributed by atoms with E-state index in [0.29, 0.717) is 55.9 Å². The summed E-state index contributed by atoms with van der Waals surface area (Å²) in [6, 6.07) is 1.58. The van der Waals surface area contributed by atoms with Gasteiger partial charge in [0.15, 0.2) is 0 Å². The first kappa shape index (κ1) is 29.8. The largest absolute Gasteiger partial charge is 0.477 e. The number of thiophene rings is 1. The number of aromatic carboxylic acids is 1. The Morgan fingerprint density at radius 2 is 1.97 bits per heavy atom. The maximum absolute atomic E-state index is 14.2. The van der Waals surface area contributed by atoms with E-state index in [9.17, 15) is 19.8 Å². The summed E-state index contributed by atoms with van der Waals surface area (Å²) in [6.07, 6.45) is 6.61. The van der Waals surface area contributed by atoms with Gasteiger partial charge in [-0.05, 0) is 84.6 Å². The molecule has 2 fully saturated rings. The van der Waals surface area contributed by atoms with Crippen LogP contribution in [0.15, 0.2) is 17.7 Å². The van der Waals surface area contributed by atoms with Crippen molar-refractivity contribution in [3.05, 3.63) is 27.5 Å². The standard InChI is InChI=1S/C31H43NO6S/c1-20-6-7-25(21(2)16-20)28(33)32(26-17-24(10-12-30(3,4)5)39-27(26)29(34)35)22-8-13-31(36,14-9-22)19-38-23-11-15-37-18-23/h6,17,21-23,25,36H,7-9,11,13-16,18-19H2,1-5H3,(H,34,35)/t21-,22-,23-,25-,31+/m0/s1. The number of carbonyl (C=O) groups excluding carboxylic acids is 1. The quantitative estimate of drug-likeness (QED) is 0.332. The lowest BCUT2D eigenvalue weighted by molar-refractivity contribution is -0.125. The summed E-state index contributed by atoms with van der Waals surface area (Å²) in [7, 11) is 0. The average molecular weight is 558 g/mol. The van der Waals surface area contributed by atoms with Crippen LogP contribution in [-0.2, 0) is 14.3 Å². The van der Waals surface area contributed by atoms with Gasteiger partial charge in [-0.1, -0.05) is 30.4 Å². The molecule has 3 aliphatic rings. The number of rotatable bonds is 7. The molecule has 2 N–H and O–H groups in total. The lowest BCUT2D eigenvalue weighted by Crippen LogP contribution is -2.51. The molecule has 0 bridgehead atoms. The molecule has 1 amide bonds. The van der Waals surface area contributed by atoms with Crippen molar-refractivity contribution in [1.29, 1.82) is 0 Å². The van der Waals surface area contributed by atoms with E-state index in [0.717, 1.165) is 24.2 Å². The molecule has 1 saturated heterocycles. The second-order valence-corrected chi connectivity index (χ2v) is 13.7. The average Bonchev–Trinajstić information content (AvgIpc) is 3.53. The van der Waals surface area contributed by atoms with Crippen molar-refractivity contribution in [2.45, 2.75) is 97.3 Å². The molecule has 0 spiro atoms. The predicted molar refractivity (Wildman–Crippen MR) is 153 cm³/mol. The Balaban J connectivity index is 1.62. The van der Waals surface area contributed by atoms with Crippen LogP contribution in [0, 0.1) is 29.1 Å². The highest BCUT2D eigenvalue weighted by molar-refractivity contribution is 7.15. The zero-order valence-electron chi connectivity index (χ0n) is 23.9. The molecule has 1 saturated carbocycles. The van der Waals surface area contributed by atoms with Gasteiger partial charge in [-0.15, -0.1) is 11.3 Å². The lowest BCUT2D eigenvalue weighted by atomic mass is 9.78. The molecule has 2 heterocycles. The molecule has 0 aromatic carbocycles. The Kier molecular flexibility index (Phi) is 9.27. The summed E-state index contributed by atoms with van der Waals surface area (Å²) in [5.41, 5.74) is 0.531. The maximum atomic E-state index is 14.2. The number of amides is 1. The molecule has 0 radical (unpaired) electrons. The van der Waals surface area contributed by atoms with Gasteiger partial charge in [0.1, 0.15) is 4.88 Å². The SMILES string of the molecule is CC1=CC[C@H](C(=O)N(c2cc(C#CC(C)(C)C)sc2C(=O)O)[C@H]2CC[C@](O)(CO[C@H]3CCOC3)CC2)[C@@H](C)C1. The van der Waals surface area contributed by atoms with Crippen LogP contribution in [0.1, 0.15) is 94.1 Å². The number of carbonyl (C=O) groups is 2. The Morgan fingerprint density at radius 3 is 2.56 bits per heavy atom. The smallest absolute Gasteiger partial charge is 0.348 e. The molecule has 7 nitrogen and oxygen atoms in total. The molecule has 214 valence electrons. The molecule has 0 unspecified atom stereocenters. The number of nitrogens with zero attached hydrogens (tertiary/aromatic N) is 1. The van der Waals surface area contributed by atoms with Gasteiger partial charge in [0.25, 0.3) is 0 Å². The first-order chi connectivity index (χ1) is 18.3. The number of anilines is 1. The van der Waals surface area contributed by atoms with E-state index in [1.165, 1.54) is 5.57 Å². The van der Waals surface area contributed by atoms with Crippen LogP contribution >= 0.6 is 11.3 Å². The normalized spacial score (nSPS) is 29.3. The van der Waals surface area contributed by atoms with E-state index in [4.69, 9.17) is 9.47 Å². The highest BCUT2D eigenvalue weighted by atomic mass is 32.1. The number of aliphatic hydroxyl groups is 1. The summed E-state index contributed by atoms with van der Waals surface area (Å²) in [6.45, 7) is 11.7. The van der Waals surface area contributed by atoms with Crippen molar-refractivity contribution < 1.29 is 29.3 Å². The number of hydrogen-bond acceptors (Lipinski definition) is 6. The molecule has 1 aromatic rings. The van der Waals surface area contributed by atoms with Crippen LogP contribution in [0.4, 0.5) is 5.69 Å². The fraction of sp³-hybridized carbons (Fsp3) is 0.677. The predicted octanol–water partition coefficient (Wildman–Crippen LogP) is 5.65. The van der Waals surface area contributed by atoms with Crippen molar-refractivity contribution >= 4 is 28.9 Å². The van der Waals surface area contributed by atoms with Crippen molar-refractivity contribution in [2.75, 3.05) is 24.7 Å². The van der Waals surface area contributed by atoms with Gasteiger partial charge in [0.05, 0.1) is 35.5 Å². The van der Waals surface area contributed by atoms with Gasteiger partial charge >= 0.3 is 5.97 Å². The van der Waals surface area contributed by atoms with E-state index in [1.54, 1.807) is 11.0 Å². The van der Waals surface area contributed by atoms with Crippen LogP contribution < -0.4 is 4.90 Å². The number of carboxylic acids is 1. The highest BCUT2D eigenvalue weighted by Crippen LogP contribution is 2.41. The van der Waals surface area contributed by atoms with Gasteiger partial charge < -0.3 is 24.6 Å². The molecule has 3 atom stereocenters. The zero-order chi connectivity index (χ0) is 28.4. The Hall–Kier alpha value is -2.18. The fourth-order valence-electron chi connectivity index (χ4n) is 5.80. The summed E-state index contributed by atoms with van der Waals surface area (Å²) in [4.78, 5) is 29.2. The minimum Gasteiger partial charge on any atom is -0.477 e. The summed E-state index contributed by atoms with van der Waals surface area (Å²) < 4.78 is 11.3. The van der Waals surface area contributed by atoms with Crippen LogP contribution in [0.3, 0.4) is 0 Å².